The first-order valence-electron chi connectivity index (χ1n) is 6.84. The third-order valence-corrected chi connectivity index (χ3v) is 5.71. The van der Waals surface area contributed by atoms with E-state index in [-0.39, 0.29) is 11.7 Å². The minimum Gasteiger partial charge on any atom is -0.391 e. The first-order valence-corrected chi connectivity index (χ1v) is 8.45. The quantitative estimate of drug-likeness (QED) is 0.827. The predicted octanol–water partition coefficient (Wildman–Crippen LogP) is -0.218. The molecule has 0 radical (unpaired) electrons. The van der Waals surface area contributed by atoms with Crippen LogP contribution in [0.25, 0.3) is 0 Å². The van der Waals surface area contributed by atoms with Gasteiger partial charge < -0.3 is 10.0 Å². The molecule has 0 spiro atoms. The van der Waals surface area contributed by atoms with Crippen molar-refractivity contribution in [2.24, 2.45) is 5.92 Å². The Morgan fingerprint density at radius 3 is 2.67 bits per heavy atom. The Labute approximate surface area is 125 Å². The summed E-state index contributed by atoms with van der Waals surface area (Å²) in [4.78, 5) is 10.5. The molecular weight excluding hydrogens is 292 g/mol. The number of sulfonamides is 1. The van der Waals surface area contributed by atoms with E-state index in [0.29, 0.717) is 18.9 Å². The van der Waals surface area contributed by atoms with E-state index in [1.807, 2.05) is 18.7 Å². The van der Waals surface area contributed by atoms with E-state index < -0.39 is 16.1 Å². The van der Waals surface area contributed by atoms with E-state index in [2.05, 4.69) is 9.97 Å². The van der Waals surface area contributed by atoms with Gasteiger partial charge in [-0.05, 0) is 13.8 Å². The van der Waals surface area contributed by atoms with E-state index in [1.165, 1.54) is 18.4 Å². The highest BCUT2D eigenvalue weighted by molar-refractivity contribution is 7.89. The maximum absolute atomic E-state index is 12.0. The van der Waals surface area contributed by atoms with Crippen molar-refractivity contribution in [3.05, 3.63) is 17.6 Å². The number of aromatic nitrogens is 2. The lowest BCUT2D eigenvalue weighted by Gasteiger charge is -2.20. The largest absolute Gasteiger partial charge is 0.391 e. The second kappa shape index (κ2) is 5.86. The molecule has 1 saturated heterocycles. The van der Waals surface area contributed by atoms with Crippen LogP contribution in [-0.2, 0) is 10.0 Å². The summed E-state index contributed by atoms with van der Waals surface area (Å²) in [5.74, 6) is 1.06. The Hall–Kier alpha value is -1.25. The highest BCUT2D eigenvalue weighted by Gasteiger charge is 2.36. The number of aliphatic hydroxyl groups is 1. The van der Waals surface area contributed by atoms with Gasteiger partial charge in [-0.2, -0.15) is 0 Å². The Balaban J connectivity index is 2.16. The lowest BCUT2D eigenvalue weighted by molar-refractivity contribution is 0.157. The zero-order chi connectivity index (χ0) is 15.8. The van der Waals surface area contributed by atoms with Gasteiger partial charge in [0.1, 0.15) is 11.6 Å². The first kappa shape index (κ1) is 16.1. The van der Waals surface area contributed by atoms with Gasteiger partial charge in [-0.15, -0.1) is 0 Å². The van der Waals surface area contributed by atoms with Crippen molar-refractivity contribution in [1.29, 1.82) is 0 Å². The highest BCUT2D eigenvalue weighted by Crippen LogP contribution is 2.26. The predicted molar refractivity (Wildman–Crippen MR) is 80.7 cm³/mol. The van der Waals surface area contributed by atoms with Crippen molar-refractivity contribution in [3.8, 4) is 0 Å². The van der Waals surface area contributed by atoms with Gasteiger partial charge in [-0.25, -0.2) is 22.7 Å². The molecule has 2 atom stereocenters. The van der Waals surface area contributed by atoms with Gasteiger partial charge in [-0.3, -0.25) is 0 Å². The Morgan fingerprint density at radius 1 is 1.38 bits per heavy atom. The molecule has 7 nitrogen and oxygen atoms in total. The minimum absolute atomic E-state index is 0.0548. The molecule has 0 saturated carbocycles. The zero-order valence-electron chi connectivity index (χ0n) is 12.8. The fourth-order valence-corrected chi connectivity index (χ4v) is 3.62. The number of β-amino-alcohol motifs (C(OH)–C–C–N with tert-alkyl or cyclic N) is 1. The van der Waals surface area contributed by atoms with Gasteiger partial charge in [0.05, 0.1) is 11.9 Å². The van der Waals surface area contributed by atoms with Crippen LogP contribution in [0.4, 0.5) is 5.82 Å². The summed E-state index contributed by atoms with van der Waals surface area (Å²) < 4.78 is 25.1. The fraction of sp³-hybridized carbons (Fsp3) is 0.692. The molecule has 1 aliphatic rings. The average molecular weight is 314 g/mol. The van der Waals surface area contributed by atoms with E-state index in [0.717, 1.165) is 11.4 Å². The zero-order valence-corrected chi connectivity index (χ0v) is 13.6. The molecule has 2 heterocycles. The monoisotopic (exact) mass is 314 g/mol. The number of nitrogens with zero attached hydrogens (tertiary/aromatic N) is 4. The number of rotatable bonds is 4. The molecule has 1 aromatic rings. The standard InChI is InChI=1S/C13H22N4O3S/c1-9-5-14-10(2)15-13(9)17-6-11(12(18)7-17)8-21(19,20)16(3)4/h5,11-12,18H,6-8H2,1-4H3/t11-,12+/m0/s1. The van der Waals surface area contributed by atoms with E-state index in [4.69, 9.17) is 0 Å². The fourth-order valence-electron chi connectivity index (χ4n) is 2.45. The smallest absolute Gasteiger partial charge is 0.214 e. The number of hydrogen-bond acceptors (Lipinski definition) is 6. The van der Waals surface area contributed by atoms with E-state index in [1.54, 1.807) is 6.20 Å². The third kappa shape index (κ3) is 3.50. The van der Waals surface area contributed by atoms with Crippen molar-refractivity contribution in [2.45, 2.75) is 20.0 Å². The number of aliphatic hydroxyl groups excluding tert-OH is 1. The van der Waals surface area contributed by atoms with Crippen molar-refractivity contribution in [2.75, 3.05) is 37.8 Å². The normalized spacial score (nSPS) is 23.0. The molecule has 1 aliphatic heterocycles. The SMILES string of the molecule is Cc1ncc(C)c(N2C[C@@H](CS(=O)(=O)N(C)C)[C@H](O)C2)n1. The van der Waals surface area contributed by atoms with Gasteiger partial charge in [0, 0.05) is 44.9 Å². The summed E-state index contributed by atoms with van der Waals surface area (Å²) in [7, 11) is -0.312. The third-order valence-electron chi connectivity index (χ3n) is 3.75. The van der Waals surface area contributed by atoms with Crippen LogP contribution in [0.15, 0.2) is 6.20 Å². The lowest BCUT2D eigenvalue weighted by atomic mass is 10.1. The molecule has 2 rings (SSSR count). The topological polar surface area (TPSA) is 86.6 Å². The van der Waals surface area contributed by atoms with Crippen LogP contribution in [0.3, 0.4) is 0 Å². The minimum atomic E-state index is -3.32. The van der Waals surface area contributed by atoms with Crippen LogP contribution in [-0.4, -0.2) is 66.8 Å². The molecule has 0 bridgehead atoms. The molecular formula is C13H22N4O3S. The summed E-state index contributed by atoms with van der Waals surface area (Å²) in [5, 5.41) is 10.2. The van der Waals surface area contributed by atoms with Gasteiger partial charge in [0.15, 0.2) is 0 Å². The Morgan fingerprint density at radius 2 is 2.05 bits per heavy atom. The van der Waals surface area contributed by atoms with Crippen LogP contribution in [0.2, 0.25) is 0 Å². The molecule has 0 aliphatic carbocycles. The summed E-state index contributed by atoms with van der Waals surface area (Å²) in [6.07, 6.45) is 1.07. The van der Waals surface area contributed by atoms with Gasteiger partial charge in [0.2, 0.25) is 10.0 Å². The van der Waals surface area contributed by atoms with Crippen molar-refractivity contribution in [3.63, 3.8) is 0 Å². The van der Waals surface area contributed by atoms with Crippen molar-refractivity contribution >= 4 is 15.8 Å². The molecule has 0 amide bonds. The van der Waals surface area contributed by atoms with Gasteiger partial charge in [-0.1, -0.05) is 0 Å². The summed E-state index contributed by atoms with van der Waals surface area (Å²) in [6, 6.07) is 0. The summed E-state index contributed by atoms with van der Waals surface area (Å²) in [5.41, 5.74) is 0.920. The molecule has 0 aromatic carbocycles. The van der Waals surface area contributed by atoms with Gasteiger partial charge in [0.25, 0.3) is 0 Å². The van der Waals surface area contributed by atoms with Crippen LogP contribution >= 0.6 is 0 Å². The molecule has 1 aromatic heterocycles. The molecule has 1 fully saturated rings. The second-order valence-corrected chi connectivity index (χ2v) is 7.94. The summed E-state index contributed by atoms with van der Waals surface area (Å²) >= 11 is 0. The van der Waals surface area contributed by atoms with Crippen LogP contribution < -0.4 is 4.90 Å². The Bertz CT molecular complexity index is 618. The van der Waals surface area contributed by atoms with Gasteiger partial charge >= 0.3 is 0 Å². The number of hydrogen-bond donors (Lipinski definition) is 1. The van der Waals surface area contributed by atoms with E-state index in [9.17, 15) is 13.5 Å². The number of aryl methyl sites for hydroxylation is 2. The maximum Gasteiger partial charge on any atom is 0.214 e. The van der Waals surface area contributed by atoms with Crippen molar-refractivity contribution in [1.82, 2.24) is 14.3 Å². The maximum atomic E-state index is 12.0. The van der Waals surface area contributed by atoms with Crippen LogP contribution in [0.5, 0.6) is 0 Å². The molecule has 21 heavy (non-hydrogen) atoms. The highest BCUT2D eigenvalue weighted by atomic mass is 32.2. The molecule has 8 heteroatoms. The van der Waals surface area contributed by atoms with Crippen LogP contribution in [0, 0.1) is 19.8 Å². The molecule has 118 valence electrons. The Kier molecular flexibility index (Phi) is 4.50. The summed E-state index contributed by atoms with van der Waals surface area (Å²) in [6.45, 7) is 4.59. The van der Waals surface area contributed by atoms with Crippen LogP contribution in [0.1, 0.15) is 11.4 Å². The average Bonchev–Trinajstić information content (AvgIpc) is 2.73. The molecule has 0 unspecified atom stereocenters. The lowest BCUT2D eigenvalue weighted by Crippen LogP contribution is -2.33. The first-order chi connectivity index (χ1) is 9.70. The molecule has 1 N–H and O–H groups in total. The second-order valence-electron chi connectivity index (χ2n) is 5.72. The van der Waals surface area contributed by atoms with Crippen molar-refractivity contribution < 1.29 is 13.5 Å². The van der Waals surface area contributed by atoms with E-state index >= 15 is 0 Å². The number of anilines is 1.